The van der Waals surface area contributed by atoms with Gasteiger partial charge in [0.15, 0.2) is 0 Å². The van der Waals surface area contributed by atoms with Crippen molar-refractivity contribution in [3.8, 4) is 0 Å². The molecule has 3 nitrogen and oxygen atoms in total. The van der Waals surface area contributed by atoms with E-state index >= 15 is 0 Å². The zero-order chi connectivity index (χ0) is 13.9. The average molecular weight is 307 g/mol. The maximum absolute atomic E-state index is 12.4. The fourth-order valence-corrected chi connectivity index (χ4v) is 1.54. The minimum absolute atomic E-state index is 0. The van der Waals surface area contributed by atoms with E-state index in [1.807, 2.05) is 0 Å². The Hall–Kier alpha value is -0.539. The summed E-state index contributed by atoms with van der Waals surface area (Å²) < 4.78 is 42.2. The molecule has 0 atom stereocenters. The van der Waals surface area contributed by atoms with Crippen LogP contribution in [0.4, 0.5) is 12.9 Å². The Morgan fingerprint density at radius 3 is 2.30 bits per heavy atom. The zero-order valence-corrected chi connectivity index (χ0v) is 13.9. The van der Waals surface area contributed by atoms with Gasteiger partial charge in [0.1, 0.15) is 5.76 Å². The molecule has 8 heteroatoms. The van der Waals surface area contributed by atoms with Gasteiger partial charge in [-0.25, -0.2) is 0 Å². The van der Waals surface area contributed by atoms with Crippen molar-refractivity contribution < 1.29 is 73.5 Å². The van der Waals surface area contributed by atoms with E-state index in [2.05, 4.69) is 5.32 Å². The number of furan rings is 1. The Morgan fingerprint density at radius 2 is 1.80 bits per heavy atom. The molecule has 0 aliphatic carbocycles. The van der Waals surface area contributed by atoms with Gasteiger partial charge in [-0.1, -0.05) is 24.3 Å². The van der Waals surface area contributed by atoms with Gasteiger partial charge in [0.25, 0.3) is 5.91 Å². The first-order chi connectivity index (χ1) is 8.97. The molecule has 20 heavy (non-hydrogen) atoms. The third kappa shape index (κ3) is 4.78. The third-order valence-corrected chi connectivity index (χ3v) is 2.55. The van der Waals surface area contributed by atoms with Gasteiger partial charge in [-0.15, -0.1) is 5.46 Å². The zero-order valence-electron chi connectivity index (χ0n) is 10.8. The molecule has 1 N–H and O–H groups in total. The van der Waals surface area contributed by atoms with Gasteiger partial charge in [-0.05, 0) is 12.1 Å². The molecule has 0 fully saturated rings. The number of carbonyl (C=O) groups is 1. The average Bonchev–Trinajstić information content (AvgIpc) is 2.88. The van der Waals surface area contributed by atoms with E-state index in [0.717, 1.165) is 24.3 Å². The van der Waals surface area contributed by atoms with Crippen LogP contribution < -0.4 is 62.2 Å². The number of amides is 1. The van der Waals surface area contributed by atoms with Crippen molar-refractivity contribution in [2.75, 3.05) is 0 Å². The molecule has 0 aliphatic rings. The largest absolute Gasteiger partial charge is 1.00 e. The van der Waals surface area contributed by atoms with Crippen LogP contribution in [0.5, 0.6) is 0 Å². The maximum atomic E-state index is 12.4. The SMILES string of the molecule is O=C(NCc1ccco1)c1ccc([B-](F)(F)F)cc1.[K+]. The second kappa shape index (κ2) is 7.46. The summed E-state index contributed by atoms with van der Waals surface area (Å²) in [5, 5.41) is 2.55. The molecule has 0 bridgehead atoms. The van der Waals surface area contributed by atoms with Crippen LogP contribution in [0.1, 0.15) is 16.1 Å². The Morgan fingerprint density at radius 1 is 1.15 bits per heavy atom. The van der Waals surface area contributed by atoms with Gasteiger partial charge < -0.3 is 22.7 Å². The molecular weight excluding hydrogens is 297 g/mol. The van der Waals surface area contributed by atoms with Crippen LogP contribution in [-0.2, 0) is 6.54 Å². The molecule has 0 aliphatic heterocycles. The molecule has 2 rings (SSSR count). The van der Waals surface area contributed by atoms with Crippen LogP contribution in [0.25, 0.3) is 0 Å². The van der Waals surface area contributed by atoms with Crippen molar-refractivity contribution in [1.29, 1.82) is 0 Å². The van der Waals surface area contributed by atoms with E-state index in [0.29, 0.717) is 5.76 Å². The smallest absolute Gasteiger partial charge is 0.467 e. The Kier molecular flexibility index (Phi) is 6.54. The fourth-order valence-electron chi connectivity index (χ4n) is 1.54. The van der Waals surface area contributed by atoms with Gasteiger partial charge >= 0.3 is 58.4 Å². The number of nitrogens with one attached hydrogen (secondary N) is 1. The van der Waals surface area contributed by atoms with Crippen molar-refractivity contribution >= 4 is 18.3 Å². The van der Waals surface area contributed by atoms with E-state index in [4.69, 9.17) is 4.42 Å². The molecule has 1 heterocycles. The van der Waals surface area contributed by atoms with Crippen LogP contribution in [0.15, 0.2) is 47.1 Å². The molecule has 0 unspecified atom stereocenters. The Labute approximate surface area is 156 Å². The van der Waals surface area contributed by atoms with Crippen molar-refractivity contribution in [1.82, 2.24) is 5.32 Å². The van der Waals surface area contributed by atoms with Gasteiger partial charge in [0.05, 0.1) is 12.8 Å². The summed E-state index contributed by atoms with van der Waals surface area (Å²) in [7, 11) is 0. The monoisotopic (exact) mass is 307 g/mol. The van der Waals surface area contributed by atoms with Gasteiger partial charge in [0, 0.05) is 5.56 Å². The standard InChI is InChI=1S/C12H10BF3NO2.K/c14-13(15,16)10-5-3-9(4-6-10)12(18)17-8-11-2-1-7-19-11;/h1-7H,8H2,(H,17,18);/q-1;+1. The summed E-state index contributed by atoms with van der Waals surface area (Å²) in [4.78, 5) is 11.7. The summed E-state index contributed by atoms with van der Waals surface area (Å²) in [6, 6.07) is 7.49. The van der Waals surface area contributed by atoms with E-state index in [1.54, 1.807) is 12.1 Å². The van der Waals surface area contributed by atoms with E-state index in [9.17, 15) is 17.7 Å². The molecule has 2 aromatic rings. The normalized spacial score (nSPS) is 10.8. The summed E-state index contributed by atoms with van der Waals surface area (Å²) >= 11 is 0. The van der Waals surface area contributed by atoms with Gasteiger partial charge in [-0.2, -0.15) is 0 Å². The summed E-state index contributed by atoms with van der Waals surface area (Å²) in [6.45, 7) is -4.84. The number of hydrogen-bond donors (Lipinski definition) is 1. The molecule has 1 amide bonds. The molecule has 1 aromatic carbocycles. The van der Waals surface area contributed by atoms with Crippen molar-refractivity contribution in [2.24, 2.45) is 0 Å². The van der Waals surface area contributed by atoms with Crippen molar-refractivity contribution in [2.45, 2.75) is 6.54 Å². The molecule has 0 spiro atoms. The number of hydrogen-bond acceptors (Lipinski definition) is 2. The molecule has 1 aromatic heterocycles. The van der Waals surface area contributed by atoms with Crippen LogP contribution in [0.3, 0.4) is 0 Å². The van der Waals surface area contributed by atoms with Crippen molar-refractivity contribution in [3.05, 3.63) is 54.0 Å². The van der Waals surface area contributed by atoms with E-state index in [1.165, 1.54) is 6.26 Å². The predicted octanol–water partition coefficient (Wildman–Crippen LogP) is -0.732. The molecule has 0 saturated heterocycles. The summed E-state index contributed by atoms with van der Waals surface area (Å²) in [5.74, 6) is 0.126. The van der Waals surface area contributed by atoms with Crippen LogP contribution >= 0.6 is 0 Å². The summed E-state index contributed by atoms with van der Waals surface area (Å²) in [5.41, 5.74) is -0.544. The first kappa shape index (κ1) is 17.5. The van der Waals surface area contributed by atoms with Crippen LogP contribution in [0, 0.1) is 0 Å². The van der Waals surface area contributed by atoms with E-state index in [-0.39, 0.29) is 63.5 Å². The third-order valence-electron chi connectivity index (χ3n) is 2.55. The molecule has 0 radical (unpaired) electrons. The quantitative estimate of drug-likeness (QED) is 0.757. The minimum Gasteiger partial charge on any atom is -0.467 e. The molecular formula is C12H10BF3KNO2. The first-order valence-electron chi connectivity index (χ1n) is 5.57. The number of halogens is 3. The second-order valence-corrected chi connectivity index (χ2v) is 3.96. The van der Waals surface area contributed by atoms with Crippen molar-refractivity contribution in [3.63, 3.8) is 0 Å². The molecule has 0 saturated carbocycles. The Balaban J connectivity index is 0.00000200. The summed E-state index contributed by atoms with van der Waals surface area (Å²) in [6.07, 6.45) is 1.47. The van der Waals surface area contributed by atoms with Crippen LogP contribution in [0.2, 0.25) is 0 Å². The van der Waals surface area contributed by atoms with Crippen LogP contribution in [-0.4, -0.2) is 12.9 Å². The van der Waals surface area contributed by atoms with E-state index < -0.39 is 18.3 Å². The van der Waals surface area contributed by atoms with Gasteiger partial charge in [-0.3, -0.25) is 4.79 Å². The molecule has 100 valence electrons. The number of carbonyl (C=O) groups excluding carboxylic acids is 1. The second-order valence-electron chi connectivity index (χ2n) is 3.96. The number of rotatable bonds is 4. The first-order valence-corrected chi connectivity index (χ1v) is 5.57. The Bertz CT molecular complexity index is 555. The maximum Gasteiger partial charge on any atom is 1.00 e. The minimum atomic E-state index is -5.03. The predicted molar refractivity (Wildman–Crippen MR) is 65.0 cm³/mol. The van der Waals surface area contributed by atoms with Gasteiger partial charge in [0.2, 0.25) is 0 Å². The fraction of sp³-hybridized carbons (Fsp3) is 0.0833. The topological polar surface area (TPSA) is 42.2 Å². The number of benzene rings is 1.